The minimum atomic E-state index is -0.384. The molecule has 6 nitrogen and oxygen atoms in total. The van der Waals surface area contributed by atoms with Crippen LogP contribution in [0.5, 0.6) is 0 Å². The molecule has 0 radical (unpaired) electrons. The van der Waals surface area contributed by atoms with E-state index < -0.39 is 0 Å². The molecule has 12 atom stereocenters. The third-order valence-corrected chi connectivity index (χ3v) is 12.9. The number of carbonyl (C=O) groups excluding carboxylic acids is 1. The fourth-order valence-electron chi connectivity index (χ4n) is 10.6. The standard InChI is InChI=1S/C34H51NO5/c1-21(9-12-31(39)35-15-16-40-29(20-35)22-7-5-4-6-8-22)25-10-11-26-32-27(19-30(38)34(25,26)3)33(2)14-13-24(36)17-23(33)18-28(32)37/h4-8,21,23-30,32,36-38H,9-20H2,1-3H3/t21-,23+,24-,25-,26+,27+,28-,29+,30+,32+,33+,34-/m1/s1. The van der Waals surface area contributed by atoms with Crippen molar-refractivity contribution in [3.05, 3.63) is 35.9 Å². The van der Waals surface area contributed by atoms with Crippen LogP contribution in [0.15, 0.2) is 30.3 Å². The summed E-state index contributed by atoms with van der Waals surface area (Å²) in [5, 5.41) is 33.7. The number of aliphatic hydroxyl groups is 3. The van der Waals surface area contributed by atoms with Crippen molar-refractivity contribution in [3.8, 4) is 0 Å². The van der Waals surface area contributed by atoms with Gasteiger partial charge in [0.1, 0.15) is 6.10 Å². The van der Waals surface area contributed by atoms with Gasteiger partial charge in [0.2, 0.25) is 5.91 Å². The number of rotatable bonds is 5. The summed E-state index contributed by atoms with van der Waals surface area (Å²) in [5.41, 5.74) is 0.994. The zero-order valence-corrected chi connectivity index (χ0v) is 24.8. The molecular formula is C34H51NO5. The van der Waals surface area contributed by atoms with Crippen LogP contribution in [0.1, 0.15) is 90.2 Å². The van der Waals surface area contributed by atoms with Crippen molar-refractivity contribution in [3.63, 3.8) is 0 Å². The quantitative estimate of drug-likeness (QED) is 0.479. The van der Waals surface area contributed by atoms with E-state index in [0.717, 1.165) is 56.9 Å². The van der Waals surface area contributed by atoms with Crippen LogP contribution in [0, 0.1) is 46.3 Å². The predicted molar refractivity (Wildman–Crippen MR) is 154 cm³/mol. The average Bonchev–Trinajstić information content (AvgIpc) is 3.32. The molecule has 4 aliphatic carbocycles. The van der Waals surface area contributed by atoms with Crippen molar-refractivity contribution < 1.29 is 24.9 Å². The zero-order chi connectivity index (χ0) is 28.2. The number of morpholine rings is 1. The summed E-state index contributed by atoms with van der Waals surface area (Å²) in [6, 6.07) is 10.2. The number of aliphatic hydroxyl groups excluding tert-OH is 3. The second kappa shape index (κ2) is 11.0. The number of amides is 1. The van der Waals surface area contributed by atoms with Crippen LogP contribution in [-0.2, 0) is 9.53 Å². The highest BCUT2D eigenvalue weighted by molar-refractivity contribution is 5.76. The zero-order valence-electron chi connectivity index (χ0n) is 24.8. The molecule has 1 aliphatic heterocycles. The fourth-order valence-corrected chi connectivity index (χ4v) is 10.6. The Kier molecular flexibility index (Phi) is 7.86. The molecule has 1 heterocycles. The first kappa shape index (κ1) is 28.6. The van der Waals surface area contributed by atoms with E-state index in [2.05, 4.69) is 32.9 Å². The van der Waals surface area contributed by atoms with Gasteiger partial charge in [-0.2, -0.15) is 0 Å². The van der Waals surface area contributed by atoms with Gasteiger partial charge in [-0.15, -0.1) is 0 Å². The van der Waals surface area contributed by atoms with E-state index >= 15 is 0 Å². The molecule has 40 heavy (non-hydrogen) atoms. The molecular weight excluding hydrogens is 502 g/mol. The van der Waals surface area contributed by atoms with Crippen molar-refractivity contribution in [1.29, 1.82) is 0 Å². The second-order valence-corrected chi connectivity index (χ2v) is 14.7. The summed E-state index contributed by atoms with van der Waals surface area (Å²) in [4.78, 5) is 15.3. The lowest BCUT2D eigenvalue weighted by molar-refractivity contribution is -0.207. The molecule has 6 rings (SSSR count). The van der Waals surface area contributed by atoms with E-state index in [4.69, 9.17) is 4.74 Å². The van der Waals surface area contributed by atoms with Gasteiger partial charge in [0, 0.05) is 13.0 Å². The van der Waals surface area contributed by atoms with Crippen LogP contribution in [-0.4, -0.2) is 64.1 Å². The lowest BCUT2D eigenvalue weighted by atomic mass is 9.43. The van der Waals surface area contributed by atoms with E-state index in [0.29, 0.717) is 55.7 Å². The molecule has 0 spiro atoms. The van der Waals surface area contributed by atoms with Gasteiger partial charge in [0.25, 0.3) is 0 Å². The fraction of sp³-hybridized carbons (Fsp3) is 0.794. The highest BCUT2D eigenvalue weighted by atomic mass is 16.5. The Balaban J connectivity index is 1.11. The van der Waals surface area contributed by atoms with Gasteiger partial charge in [-0.1, -0.05) is 51.1 Å². The first-order valence-electron chi connectivity index (χ1n) is 16.1. The van der Waals surface area contributed by atoms with Gasteiger partial charge in [0.15, 0.2) is 0 Å². The van der Waals surface area contributed by atoms with Gasteiger partial charge in [-0.05, 0) is 103 Å². The van der Waals surface area contributed by atoms with E-state index in [1.54, 1.807) is 0 Å². The molecule has 5 fully saturated rings. The Bertz CT molecular complexity index is 1050. The molecule has 3 N–H and O–H groups in total. The number of benzene rings is 1. The summed E-state index contributed by atoms with van der Waals surface area (Å²) in [7, 11) is 0. The van der Waals surface area contributed by atoms with Crippen molar-refractivity contribution in [1.82, 2.24) is 4.90 Å². The highest BCUT2D eigenvalue weighted by Crippen LogP contribution is 2.68. The Morgan fingerprint density at radius 3 is 2.60 bits per heavy atom. The van der Waals surface area contributed by atoms with Crippen molar-refractivity contribution >= 4 is 5.91 Å². The third kappa shape index (κ3) is 4.75. The molecule has 1 saturated heterocycles. The second-order valence-electron chi connectivity index (χ2n) is 14.7. The Labute approximate surface area is 240 Å². The lowest BCUT2D eigenvalue weighted by Crippen LogP contribution is -2.62. The molecule has 1 amide bonds. The molecule has 0 aromatic heterocycles. The topological polar surface area (TPSA) is 90.2 Å². The Morgan fingerprint density at radius 2 is 1.82 bits per heavy atom. The van der Waals surface area contributed by atoms with Gasteiger partial charge < -0.3 is 25.0 Å². The molecule has 5 aliphatic rings. The monoisotopic (exact) mass is 553 g/mol. The van der Waals surface area contributed by atoms with Crippen LogP contribution in [0.2, 0.25) is 0 Å². The van der Waals surface area contributed by atoms with E-state index in [9.17, 15) is 20.1 Å². The van der Waals surface area contributed by atoms with Crippen LogP contribution in [0.4, 0.5) is 0 Å². The highest BCUT2D eigenvalue weighted by Gasteiger charge is 2.65. The van der Waals surface area contributed by atoms with Gasteiger partial charge in [-0.25, -0.2) is 0 Å². The number of nitrogens with zero attached hydrogens (tertiary/aromatic N) is 1. The first-order valence-corrected chi connectivity index (χ1v) is 16.1. The van der Waals surface area contributed by atoms with Crippen LogP contribution in [0.25, 0.3) is 0 Å². The number of hydrogen-bond donors (Lipinski definition) is 3. The van der Waals surface area contributed by atoms with E-state index in [1.165, 1.54) is 0 Å². The van der Waals surface area contributed by atoms with Crippen molar-refractivity contribution in [2.24, 2.45) is 46.3 Å². The number of carbonyl (C=O) groups is 1. The molecule has 1 aromatic carbocycles. The largest absolute Gasteiger partial charge is 0.393 e. The third-order valence-electron chi connectivity index (χ3n) is 12.9. The molecule has 6 heteroatoms. The van der Waals surface area contributed by atoms with Crippen LogP contribution in [0.3, 0.4) is 0 Å². The summed E-state index contributed by atoms with van der Waals surface area (Å²) >= 11 is 0. The SMILES string of the molecule is C[C@H](CCC(=O)N1CCO[C@H](c2ccccc2)C1)[C@H]1CC[C@H]2[C@@H]3[C@H](O)C[C@@H]4C[C@H](O)CC[C@]4(C)[C@H]3C[C@H](O)[C@]12C. The number of hydrogen-bond acceptors (Lipinski definition) is 5. The van der Waals surface area contributed by atoms with Gasteiger partial charge >= 0.3 is 0 Å². The minimum Gasteiger partial charge on any atom is -0.393 e. The Morgan fingerprint density at radius 1 is 1.05 bits per heavy atom. The van der Waals surface area contributed by atoms with E-state index in [-0.39, 0.29) is 47.1 Å². The van der Waals surface area contributed by atoms with Crippen molar-refractivity contribution in [2.75, 3.05) is 19.7 Å². The maximum Gasteiger partial charge on any atom is 0.222 e. The van der Waals surface area contributed by atoms with Crippen molar-refractivity contribution in [2.45, 2.75) is 103 Å². The summed E-state index contributed by atoms with van der Waals surface area (Å²) in [5.74, 6) is 2.10. The average molecular weight is 554 g/mol. The summed E-state index contributed by atoms with van der Waals surface area (Å²) in [6.07, 6.45) is 6.62. The van der Waals surface area contributed by atoms with Crippen LogP contribution < -0.4 is 0 Å². The Hall–Kier alpha value is -1.47. The molecule has 0 bridgehead atoms. The summed E-state index contributed by atoms with van der Waals surface area (Å²) < 4.78 is 5.98. The van der Waals surface area contributed by atoms with E-state index in [1.807, 2.05) is 23.1 Å². The number of ether oxygens (including phenoxy) is 1. The molecule has 222 valence electrons. The normalized spacial score (nSPS) is 45.8. The maximum absolute atomic E-state index is 13.3. The molecule has 0 unspecified atom stereocenters. The first-order chi connectivity index (χ1) is 19.1. The van der Waals surface area contributed by atoms with Gasteiger partial charge in [0.05, 0.1) is 31.5 Å². The maximum atomic E-state index is 13.3. The minimum absolute atomic E-state index is 0.0630. The summed E-state index contributed by atoms with van der Waals surface area (Å²) in [6.45, 7) is 8.80. The molecule has 4 saturated carbocycles. The smallest absolute Gasteiger partial charge is 0.222 e. The molecule has 1 aromatic rings. The van der Waals surface area contributed by atoms with Crippen LogP contribution >= 0.6 is 0 Å². The van der Waals surface area contributed by atoms with Gasteiger partial charge in [-0.3, -0.25) is 4.79 Å². The number of fused-ring (bicyclic) bond motifs is 5. The predicted octanol–water partition coefficient (Wildman–Crippen LogP) is 4.96. The lowest BCUT2D eigenvalue weighted by Gasteiger charge is -2.63.